The first-order chi connectivity index (χ1) is 9.43. The van der Waals surface area contributed by atoms with Crippen molar-refractivity contribution >= 4 is 15.9 Å². The van der Waals surface area contributed by atoms with E-state index in [2.05, 4.69) is 4.98 Å². The van der Waals surface area contributed by atoms with Crippen LogP contribution in [0, 0.1) is 0 Å². The molecule has 0 bridgehead atoms. The molecule has 0 aromatic carbocycles. The summed E-state index contributed by atoms with van der Waals surface area (Å²) in [5, 5.41) is 4.46. The van der Waals surface area contributed by atoms with Crippen LogP contribution in [0.3, 0.4) is 0 Å². The number of rotatable bonds is 3. The predicted octanol–water partition coefficient (Wildman–Crippen LogP) is -0.0167. The van der Waals surface area contributed by atoms with Crippen molar-refractivity contribution in [2.24, 2.45) is 5.14 Å². The molecular weight excluding hydrogens is 282 g/mol. The molecule has 0 radical (unpaired) electrons. The van der Waals surface area contributed by atoms with Crippen LogP contribution >= 0.6 is 0 Å². The Hall–Kier alpha value is -1.67. The summed E-state index contributed by atoms with van der Waals surface area (Å²) in [5.41, 5.74) is 0.324. The second kappa shape index (κ2) is 5.76. The number of hydrogen-bond acceptors (Lipinski definition) is 5. The Morgan fingerprint density at radius 2 is 2.30 bits per heavy atom. The largest absolute Gasteiger partial charge is 0.480 e. The molecule has 1 aromatic heterocycles. The average molecular weight is 299 g/mol. The zero-order chi connectivity index (χ0) is 14.8. The summed E-state index contributed by atoms with van der Waals surface area (Å²) in [6.45, 7) is 0.610. The SMILES string of the molecule is COc1ncccc1C(=O)N1CCCC(S(N)(=O)=O)C1. The van der Waals surface area contributed by atoms with Crippen LogP contribution in [0.4, 0.5) is 0 Å². The van der Waals surface area contributed by atoms with Crippen molar-refractivity contribution in [3.8, 4) is 5.88 Å². The maximum absolute atomic E-state index is 12.4. The average Bonchev–Trinajstić information content (AvgIpc) is 2.45. The van der Waals surface area contributed by atoms with Crippen LogP contribution < -0.4 is 9.88 Å². The van der Waals surface area contributed by atoms with Gasteiger partial charge in [0.25, 0.3) is 5.91 Å². The number of piperidine rings is 1. The zero-order valence-corrected chi connectivity index (χ0v) is 12.0. The summed E-state index contributed by atoms with van der Waals surface area (Å²) in [6.07, 6.45) is 2.61. The number of sulfonamides is 1. The number of hydrogen-bond donors (Lipinski definition) is 1. The highest BCUT2D eigenvalue weighted by molar-refractivity contribution is 7.89. The Labute approximate surface area is 117 Å². The monoisotopic (exact) mass is 299 g/mol. The molecular formula is C12H17N3O4S. The fourth-order valence-corrected chi connectivity index (χ4v) is 3.16. The van der Waals surface area contributed by atoms with Gasteiger partial charge in [0.2, 0.25) is 15.9 Å². The van der Waals surface area contributed by atoms with Gasteiger partial charge < -0.3 is 9.64 Å². The number of amides is 1. The lowest BCUT2D eigenvalue weighted by molar-refractivity contribution is 0.0722. The highest BCUT2D eigenvalue weighted by atomic mass is 32.2. The van der Waals surface area contributed by atoms with Gasteiger partial charge in [-0.2, -0.15) is 0 Å². The number of nitrogens with zero attached hydrogens (tertiary/aromatic N) is 2. The molecule has 7 nitrogen and oxygen atoms in total. The zero-order valence-electron chi connectivity index (χ0n) is 11.2. The maximum atomic E-state index is 12.4. The fraction of sp³-hybridized carbons (Fsp3) is 0.500. The topological polar surface area (TPSA) is 103 Å². The van der Waals surface area contributed by atoms with E-state index in [1.54, 1.807) is 12.1 Å². The number of aromatic nitrogens is 1. The molecule has 1 aliphatic rings. The van der Waals surface area contributed by atoms with E-state index >= 15 is 0 Å². The van der Waals surface area contributed by atoms with Crippen LogP contribution in [0.5, 0.6) is 5.88 Å². The van der Waals surface area contributed by atoms with Gasteiger partial charge in [0, 0.05) is 19.3 Å². The van der Waals surface area contributed by atoms with E-state index in [4.69, 9.17) is 9.88 Å². The lowest BCUT2D eigenvalue weighted by atomic mass is 10.1. The molecule has 1 amide bonds. The summed E-state index contributed by atoms with van der Waals surface area (Å²) < 4.78 is 27.9. The molecule has 2 N–H and O–H groups in total. The Morgan fingerprint density at radius 1 is 1.55 bits per heavy atom. The van der Waals surface area contributed by atoms with Gasteiger partial charge in [0.15, 0.2) is 0 Å². The van der Waals surface area contributed by atoms with E-state index in [9.17, 15) is 13.2 Å². The van der Waals surface area contributed by atoms with E-state index in [0.717, 1.165) is 0 Å². The van der Waals surface area contributed by atoms with Crippen LogP contribution in [-0.4, -0.2) is 49.7 Å². The standard InChI is InChI=1S/C12H17N3O4S/c1-19-11-10(5-2-6-14-11)12(16)15-7-3-4-9(8-15)20(13,17)18/h2,5-6,9H,3-4,7-8H2,1H3,(H2,13,17,18). The summed E-state index contributed by atoms with van der Waals surface area (Å²) in [4.78, 5) is 17.9. The van der Waals surface area contributed by atoms with Crippen molar-refractivity contribution in [3.63, 3.8) is 0 Å². The van der Waals surface area contributed by atoms with Crippen LogP contribution in [0.15, 0.2) is 18.3 Å². The highest BCUT2D eigenvalue weighted by Gasteiger charge is 2.31. The lowest BCUT2D eigenvalue weighted by Crippen LogP contribution is -2.47. The van der Waals surface area contributed by atoms with E-state index in [-0.39, 0.29) is 18.3 Å². The first-order valence-corrected chi connectivity index (χ1v) is 7.84. The number of carbonyl (C=O) groups is 1. The van der Waals surface area contributed by atoms with Gasteiger partial charge >= 0.3 is 0 Å². The molecule has 1 aliphatic heterocycles. The molecule has 0 saturated carbocycles. The minimum absolute atomic E-state index is 0.107. The van der Waals surface area contributed by atoms with Crippen molar-refractivity contribution < 1.29 is 17.9 Å². The van der Waals surface area contributed by atoms with Crippen LogP contribution in [-0.2, 0) is 10.0 Å². The Kier molecular flexibility index (Phi) is 4.24. The van der Waals surface area contributed by atoms with Gasteiger partial charge in [-0.15, -0.1) is 0 Å². The van der Waals surface area contributed by atoms with E-state index in [0.29, 0.717) is 24.9 Å². The molecule has 2 heterocycles. The van der Waals surface area contributed by atoms with Gasteiger partial charge in [0.05, 0.1) is 12.4 Å². The van der Waals surface area contributed by atoms with Crippen molar-refractivity contribution in [3.05, 3.63) is 23.9 Å². The highest BCUT2D eigenvalue weighted by Crippen LogP contribution is 2.21. The van der Waals surface area contributed by atoms with Crippen LogP contribution in [0.1, 0.15) is 23.2 Å². The van der Waals surface area contributed by atoms with E-state index < -0.39 is 15.3 Å². The smallest absolute Gasteiger partial charge is 0.259 e. The number of carbonyl (C=O) groups excluding carboxylic acids is 1. The van der Waals surface area contributed by atoms with Crippen LogP contribution in [0.25, 0.3) is 0 Å². The molecule has 1 unspecified atom stereocenters. The van der Waals surface area contributed by atoms with Crippen molar-refractivity contribution in [1.82, 2.24) is 9.88 Å². The van der Waals surface area contributed by atoms with Gasteiger partial charge in [-0.25, -0.2) is 18.5 Å². The number of ether oxygens (including phenoxy) is 1. The number of likely N-dealkylation sites (tertiary alicyclic amines) is 1. The van der Waals surface area contributed by atoms with Gasteiger partial charge in [0.1, 0.15) is 5.56 Å². The Bertz CT molecular complexity index is 602. The van der Waals surface area contributed by atoms with E-state index in [1.165, 1.54) is 18.2 Å². The summed E-state index contributed by atoms with van der Waals surface area (Å²) >= 11 is 0. The molecule has 1 saturated heterocycles. The maximum Gasteiger partial charge on any atom is 0.259 e. The number of pyridine rings is 1. The first-order valence-electron chi connectivity index (χ1n) is 6.23. The molecule has 20 heavy (non-hydrogen) atoms. The normalized spacial score (nSPS) is 19.7. The third-order valence-electron chi connectivity index (χ3n) is 3.32. The summed E-state index contributed by atoms with van der Waals surface area (Å²) in [5.74, 6) is -0.0569. The molecule has 1 fully saturated rings. The quantitative estimate of drug-likeness (QED) is 0.845. The fourth-order valence-electron chi connectivity index (χ4n) is 2.28. The number of nitrogens with two attached hydrogens (primary N) is 1. The molecule has 8 heteroatoms. The van der Waals surface area contributed by atoms with Gasteiger partial charge in [-0.3, -0.25) is 4.79 Å². The third kappa shape index (κ3) is 3.07. The Balaban J connectivity index is 2.21. The molecule has 0 aliphatic carbocycles. The van der Waals surface area contributed by atoms with Crippen molar-refractivity contribution in [1.29, 1.82) is 0 Å². The summed E-state index contributed by atoms with van der Waals surface area (Å²) in [7, 11) is -2.20. The second-order valence-electron chi connectivity index (χ2n) is 4.66. The molecule has 110 valence electrons. The number of methoxy groups -OCH3 is 1. The Morgan fingerprint density at radius 3 is 2.95 bits per heavy atom. The van der Waals surface area contributed by atoms with Crippen LogP contribution in [0.2, 0.25) is 0 Å². The molecule has 0 spiro atoms. The third-order valence-corrected chi connectivity index (χ3v) is 4.64. The van der Waals surface area contributed by atoms with Gasteiger partial charge in [-0.05, 0) is 25.0 Å². The van der Waals surface area contributed by atoms with Crippen molar-refractivity contribution in [2.45, 2.75) is 18.1 Å². The minimum Gasteiger partial charge on any atom is -0.480 e. The summed E-state index contributed by atoms with van der Waals surface area (Å²) in [6, 6.07) is 3.24. The minimum atomic E-state index is -3.63. The molecule has 1 atom stereocenters. The number of primary sulfonamides is 1. The molecule has 2 rings (SSSR count). The van der Waals surface area contributed by atoms with Gasteiger partial charge in [-0.1, -0.05) is 0 Å². The van der Waals surface area contributed by atoms with E-state index in [1.807, 2.05) is 0 Å². The molecule has 1 aromatic rings. The lowest BCUT2D eigenvalue weighted by Gasteiger charge is -2.31. The van der Waals surface area contributed by atoms with Crippen molar-refractivity contribution in [2.75, 3.05) is 20.2 Å². The second-order valence-corrected chi connectivity index (χ2v) is 6.51. The first kappa shape index (κ1) is 14.7. The predicted molar refractivity (Wildman–Crippen MR) is 72.8 cm³/mol.